The smallest absolute Gasteiger partial charge is 0.348 e. The lowest BCUT2D eigenvalue weighted by Crippen LogP contribution is -2.28. The van der Waals surface area contributed by atoms with Gasteiger partial charge in [0, 0.05) is 11.2 Å². The van der Waals surface area contributed by atoms with E-state index < -0.39 is 11.6 Å². The fourth-order valence-electron chi connectivity index (χ4n) is 1.53. The molecular weight excluding hydrogens is 303 g/mol. The second-order valence-corrected chi connectivity index (χ2v) is 4.84. The average Bonchev–Trinajstić information content (AvgIpc) is 2.37. The zero-order valence-corrected chi connectivity index (χ0v) is 11.6. The number of halogens is 2. The molecule has 0 saturated carbocycles. The van der Waals surface area contributed by atoms with E-state index in [9.17, 15) is 9.59 Å². The van der Waals surface area contributed by atoms with E-state index in [-0.39, 0.29) is 11.6 Å². The number of nitrogens with one attached hydrogen (secondary N) is 1. The third kappa shape index (κ3) is 3.49. The van der Waals surface area contributed by atoms with Gasteiger partial charge in [-0.1, -0.05) is 23.2 Å². The fraction of sp³-hybridized carbons (Fsp3) is 0.0833. The Kier molecular flexibility index (Phi) is 4.26. The highest BCUT2D eigenvalue weighted by Gasteiger charge is 2.08. The Morgan fingerprint density at radius 2 is 2.10 bits per heavy atom. The van der Waals surface area contributed by atoms with Gasteiger partial charge in [-0.05, 0) is 18.2 Å². The molecular formula is C12H10Cl2N4O2. The van der Waals surface area contributed by atoms with Crippen LogP contribution in [-0.4, -0.2) is 15.5 Å². The number of carbonyl (C=O) groups is 1. The lowest BCUT2D eigenvalue weighted by molar-refractivity contribution is -0.116. The zero-order chi connectivity index (χ0) is 14.7. The number of nitrogens with zero attached hydrogens (tertiary/aromatic N) is 2. The number of nitrogens with two attached hydrogens (primary N) is 1. The summed E-state index contributed by atoms with van der Waals surface area (Å²) in [5, 5.41) is 3.31. The normalized spacial score (nSPS) is 10.3. The van der Waals surface area contributed by atoms with Crippen LogP contribution in [0.4, 0.5) is 11.4 Å². The molecule has 3 N–H and O–H groups in total. The van der Waals surface area contributed by atoms with E-state index in [1.54, 1.807) is 12.1 Å². The third-order valence-electron chi connectivity index (χ3n) is 2.42. The first-order valence-electron chi connectivity index (χ1n) is 5.52. The molecule has 0 radical (unpaired) electrons. The maximum absolute atomic E-state index is 11.9. The van der Waals surface area contributed by atoms with Crippen molar-refractivity contribution in [2.45, 2.75) is 6.54 Å². The van der Waals surface area contributed by atoms with Gasteiger partial charge in [0.05, 0.1) is 22.6 Å². The molecule has 1 amide bonds. The topological polar surface area (TPSA) is 90.0 Å². The van der Waals surface area contributed by atoms with Crippen molar-refractivity contribution in [1.29, 1.82) is 0 Å². The van der Waals surface area contributed by atoms with Crippen LogP contribution in [0.15, 0.2) is 35.4 Å². The summed E-state index contributed by atoms with van der Waals surface area (Å²) in [6.07, 6.45) is 2.55. The van der Waals surface area contributed by atoms with Gasteiger partial charge in [-0.3, -0.25) is 9.36 Å². The first-order chi connectivity index (χ1) is 9.45. The first-order valence-corrected chi connectivity index (χ1v) is 6.28. The minimum atomic E-state index is -0.561. The number of amides is 1. The molecule has 0 aliphatic rings. The van der Waals surface area contributed by atoms with Gasteiger partial charge in [0.2, 0.25) is 5.91 Å². The summed E-state index contributed by atoms with van der Waals surface area (Å²) in [5.41, 5.74) is 5.91. The molecule has 0 unspecified atom stereocenters. The molecule has 0 spiro atoms. The molecule has 0 fully saturated rings. The molecule has 2 rings (SSSR count). The summed E-state index contributed by atoms with van der Waals surface area (Å²) in [6, 6.07) is 4.69. The Morgan fingerprint density at radius 1 is 1.35 bits per heavy atom. The largest absolute Gasteiger partial charge is 0.397 e. The van der Waals surface area contributed by atoms with Gasteiger partial charge in [0.1, 0.15) is 6.54 Å². The molecule has 1 aromatic heterocycles. The molecule has 8 heteroatoms. The lowest BCUT2D eigenvalue weighted by Gasteiger charge is -2.09. The second-order valence-electron chi connectivity index (χ2n) is 3.96. The van der Waals surface area contributed by atoms with Crippen molar-refractivity contribution in [3.05, 3.63) is 51.1 Å². The summed E-state index contributed by atoms with van der Waals surface area (Å²) in [7, 11) is 0. The number of nitrogen functional groups attached to an aromatic ring is 1. The van der Waals surface area contributed by atoms with Crippen molar-refractivity contribution < 1.29 is 4.79 Å². The van der Waals surface area contributed by atoms with Gasteiger partial charge in [0.15, 0.2) is 0 Å². The Labute approximate surface area is 124 Å². The van der Waals surface area contributed by atoms with Crippen molar-refractivity contribution >= 4 is 40.5 Å². The van der Waals surface area contributed by atoms with E-state index in [1.807, 2.05) is 0 Å². The van der Waals surface area contributed by atoms with Crippen LogP contribution in [0, 0.1) is 0 Å². The number of hydrogen-bond donors (Lipinski definition) is 2. The molecule has 104 valence electrons. The Bertz CT molecular complexity index is 715. The molecule has 2 aromatic rings. The van der Waals surface area contributed by atoms with Gasteiger partial charge in [0.25, 0.3) is 0 Å². The van der Waals surface area contributed by atoms with Gasteiger partial charge in [-0.25, -0.2) is 9.78 Å². The molecule has 0 atom stereocenters. The molecule has 6 nitrogen and oxygen atoms in total. The summed E-state index contributed by atoms with van der Waals surface area (Å²) >= 11 is 11.5. The number of rotatable bonds is 3. The number of hydrogen-bond acceptors (Lipinski definition) is 4. The summed E-state index contributed by atoms with van der Waals surface area (Å²) in [5.74, 6) is -0.426. The van der Waals surface area contributed by atoms with Crippen molar-refractivity contribution in [3.63, 3.8) is 0 Å². The van der Waals surface area contributed by atoms with Gasteiger partial charge < -0.3 is 11.1 Å². The Hall–Kier alpha value is -2.05. The molecule has 0 aliphatic heterocycles. The van der Waals surface area contributed by atoms with Crippen LogP contribution in [0.1, 0.15) is 0 Å². The van der Waals surface area contributed by atoms with E-state index in [1.165, 1.54) is 18.5 Å². The predicted octanol–water partition coefficient (Wildman–Crippen LogP) is 1.77. The fourth-order valence-corrected chi connectivity index (χ4v) is 1.88. The van der Waals surface area contributed by atoms with Crippen LogP contribution in [0.3, 0.4) is 0 Å². The van der Waals surface area contributed by atoms with Gasteiger partial charge >= 0.3 is 5.69 Å². The Morgan fingerprint density at radius 3 is 2.80 bits per heavy atom. The molecule has 1 heterocycles. The van der Waals surface area contributed by atoms with Crippen LogP contribution in [0.5, 0.6) is 0 Å². The third-order valence-corrected chi connectivity index (χ3v) is 2.86. The molecule has 1 aromatic carbocycles. The first kappa shape index (κ1) is 14.4. The average molecular weight is 313 g/mol. The van der Waals surface area contributed by atoms with E-state index in [0.717, 1.165) is 4.57 Å². The van der Waals surface area contributed by atoms with Crippen LogP contribution in [0.25, 0.3) is 0 Å². The molecule has 20 heavy (non-hydrogen) atoms. The number of anilines is 2. The highest BCUT2D eigenvalue weighted by atomic mass is 35.5. The minimum absolute atomic E-state index is 0.214. The van der Waals surface area contributed by atoms with Crippen LogP contribution >= 0.6 is 23.2 Å². The summed E-state index contributed by atoms with van der Waals surface area (Å²) < 4.78 is 1.10. The zero-order valence-electron chi connectivity index (χ0n) is 10.1. The number of aromatic nitrogens is 2. The Balaban J connectivity index is 2.13. The molecule has 0 aliphatic carbocycles. The summed E-state index contributed by atoms with van der Waals surface area (Å²) in [4.78, 5) is 26.8. The lowest BCUT2D eigenvalue weighted by atomic mass is 10.2. The monoisotopic (exact) mass is 312 g/mol. The predicted molar refractivity (Wildman–Crippen MR) is 78.0 cm³/mol. The second kappa shape index (κ2) is 5.94. The van der Waals surface area contributed by atoms with Crippen molar-refractivity contribution in [2.24, 2.45) is 0 Å². The van der Waals surface area contributed by atoms with Crippen molar-refractivity contribution in [3.8, 4) is 0 Å². The van der Waals surface area contributed by atoms with E-state index in [0.29, 0.717) is 16.4 Å². The van der Waals surface area contributed by atoms with Gasteiger partial charge in [-0.2, -0.15) is 0 Å². The number of carbonyl (C=O) groups excluding carboxylic acids is 1. The van der Waals surface area contributed by atoms with Crippen molar-refractivity contribution in [2.75, 3.05) is 11.1 Å². The van der Waals surface area contributed by atoms with E-state index in [4.69, 9.17) is 28.9 Å². The molecule has 0 bridgehead atoms. The summed E-state index contributed by atoms with van der Waals surface area (Å²) in [6.45, 7) is -0.214. The minimum Gasteiger partial charge on any atom is -0.397 e. The number of benzene rings is 1. The standard InChI is InChI=1S/C12H10Cl2N4O2/c13-7-1-2-10(9(15)3-7)17-11(19)6-18-5-8(14)4-16-12(18)20/h1-5H,6,15H2,(H,17,19). The maximum Gasteiger partial charge on any atom is 0.348 e. The van der Waals surface area contributed by atoms with E-state index >= 15 is 0 Å². The molecule has 0 saturated heterocycles. The quantitative estimate of drug-likeness (QED) is 0.845. The van der Waals surface area contributed by atoms with Crippen LogP contribution in [-0.2, 0) is 11.3 Å². The highest BCUT2D eigenvalue weighted by Crippen LogP contribution is 2.22. The SMILES string of the molecule is Nc1cc(Cl)ccc1NC(=O)Cn1cc(Cl)cnc1=O. The van der Waals surface area contributed by atoms with Gasteiger partial charge in [-0.15, -0.1) is 0 Å². The van der Waals surface area contributed by atoms with Crippen molar-refractivity contribution in [1.82, 2.24) is 9.55 Å². The maximum atomic E-state index is 11.9. The van der Waals surface area contributed by atoms with E-state index in [2.05, 4.69) is 10.3 Å². The highest BCUT2D eigenvalue weighted by molar-refractivity contribution is 6.31. The van der Waals surface area contributed by atoms with Crippen LogP contribution in [0.2, 0.25) is 10.0 Å². The van der Waals surface area contributed by atoms with Crippen LogP contribution < -0.4 is 16.7 Å².